The van der Waals surface area contributed by atoms with Gasteiger partial charge in [-0.1, -0.05) is 145 Å². The van der Waals surface area contributed by atoms with Crippen molar-refractivity contribution in [2.75, 3.05) is 26.4 Å². The Kier molecular flexibility index (Phi) is 24.1. The average Bonchev–Trinajstić information content (AvgIpc) is 3.10. The number of phosphoric ester groups is 1. The number of hydrogen-bond donors (Lipinski definition) is 1. The third-order valence-corrected chi connectivity index (χ3v) is 9.26. The number of ether oxygens (including phenoxy) is 2. The first kappa shape index (κ1) is 41.3. The van der Waals surface area contributed by atoms with E-state index in [2.05, 4.69) is 12.2 Å². The summed E-state index contributed by atoms with van der Waals surface area (Å²) in [6.45, 7) is 2.71. The molecule has 0 aliphatic rings. The molecule has 1 atom stereocenters. The van der Waals surface area contributed by atoms with E-state index in [0.717, 1.165) is 18.4 Å². The second kappa shape index (κ2) is 28.0. The fourth-order valence-electron chi connectivity index (χ4n) is 5.06. The molecule has 0 radical (unpaired) electrons. The number of benzene rings is 2. The van der Waals surface area contributed by atoms with E-state index in [1.807, 2.05) is 36.4 Å². The lowest BCUT2D eigenvalue weighted by Crippen LogP contribution is -2.27. The third-order valence-electron chi connectivity index (χ3n) is 7.83. The molecule has 0 heterocycles. The number of esters is 1. The number of alkyl carbamates (subject to hydrolysis) is 1. The maximum absolute atomic E-state index is 13.3. The number of nitrogens with one attached hydrogen (secondary N) is 1. The Bertz CT molecular complexity index is 1120. The highest BCUT2D eigenvalue weighted by atomic mass is 31.2. The van der Waals surface area contributed by atoms with Gasteiger partial charge in [0.05, 0.1) is 19.8 Å². The molecule has 0 aromatic heterocycles. The van der Waals surface area contributed by atoms with Crippen LogP contribution in [-0.4, -0.2) is 38.4 Å². The largest absolute Gasteiger partial charge is 0.530 e. The quantitative estimate of drug-likeness (QED) is 0.0490. The van der Waals surface area contributed by atoms with Crippen LogP contribution in [0.1, 0.15) is 128 Å². The fourth-order valence-corrected chi connectivity index (χ4v) is 6.29. The molecule has 0 saturated carbocycles. The summed E-state index contributed by atoms with van der Waals surface area (Å²) < 4.78 is 40.4. The van der Waals surface area contributed by atoms with Crippen molar-refractivity contribution in [3.63, 3.8) is 0 Å². The number of para-hydroxylation sites is 1. The van der Waals surface area contributed by atoms with Crippen molar-refractivity contribution in [1.82, 2.24) is 5.32 Å². The summed E-state index contributed by atoms with van der Waals surface area (Å²) in [5.74, 6) is 0.158. The van der Waals surface area contributed by atoms with Gasteiger partial charge in [-0.2, -0.15) is 0 Å². The number of carbonyl (C=O) groups excluding carboxylic acids is 2. The summed E-state index contributed by atoms with van der Waals surface area (Å²) in [4.78, 5) is 24.1. The highest BCUT2D eigenvalue weighted by molar-refractivity contribution is 7.48. The van der Waals surface area contributed by atoms with Crippen molar-refractivity contribution in [2.24, 2.45) is 0 Å². The molecule has 0 aliphatic carbocycles. The highest BCUT2D eigenvalue weighted by Gasteiger charge is 2.28. The highest BCUT2D eigenvalue weighted by Crippen LogP contribution is 2.49. The summed E-state index contributed by atoms with van der Waals surface area (Å²) in [5.41, 5.74) is 0.869. The summed E-state index contributed by atoms with van der Waals surface area (Å²) >= 11 is 0. The summed E-state index contributed by atoms with van der Waals surface area (Å²) in [5, 5.41) is 2.56. The fraction of sp³-hybridized carbons (Fsp3) is 0.632. The van der Waals surface area contributed by atoms with E-state index >= 15 is 0 Å². The van der Waals surface area contributed by atoms with Crippen LogP contribution in [0.25, 0.3) is 0 Å². The Morgan fingerprint density at radius 2 is 1.12 bits per heavy atom. The Balaban J connectivity index is 1.49. The monoisotopic (exact) mass is 689 g/mol. The number of phosphoric acid groups is 1. The first-order chi connectivity index (χ1) is 23.5. The van der Waals surface area contributed by atoms with E-state index in [1.165, 1.54) is 83.5 Å². The molecule has 0 bridgehead atoms. The van der Waals surface area contributed by atoms with E-state index in [1.54, 1.807) is 24.3 Å². The summed E-state index contributed by atoms with van der Waals surface area (Å²) in [6.07, 6.45) is 20.2. The van der Waals surface area contributed by atoms with Gasteiger partial charge in [-0.25, -0.2) is 9.36 Å². The Labute approximate surface area is 289 Å². The molecule has 1 amide bonds. The van der Waals surface area contributed by atoms with E-state index < -0.39 is 13.9 Å². The van der Waals surface area contributed by atoms with Crippen LogP contribution in [0.3, 0.4) is 0 Å². The lowest BCUT2D eigenvalue weighted by molar-refractivity contribution is -0.144. The first-order valence-corrected chi connectivity index (χ1v) is 19.7. The van der Waals surface area contributed by atoms with Crippen LogP contribution in [-0.2, 0) is 34.5 Å². The molecule has 2 aromatic rings. The Morgan fingerprint density at radius 1 is 0.604 bits per heavy atom. The number of hydrogen-bond acceptors (Lipinski definition) is 8. The van der Waals surface area contributed by atoms with Crippen molar-refractivity contribution in [1.29, 1.82) is 0 Å². The first-order valence-electron chi connectivity index (χ1n) is 18.2. The normalized spacial score (nSPS) is 12.3. The van der Waals surface area contributed by atoms with Crippen LogP contribution in [0.4, 0.5) is 4.79 Å². The number of rotatable bonds is 30. The van der Waals surface area contributed by atoms with Gasteiger partial charge in [0.1, 0.15) is 12.4 Å². The second-order valence-electron chi connectivity index (χ2n) is 12.1. The molecule has 10 heteroatoms. The minimum atomic E-state index is -3.97. The van der Waals surface area contributed by atoms with Gasteiger partial charge in [0.2, 0.25) is 0 Å². The Morgan fingerprint density at radius 3 is 1.73 bits per heavy atom. The van der Waals surface area contributed by atoms with Crippen molar-refractivity contribution in [2.45, 2.75) is 129 Å². The van der Waals surface area contributed by atoms with Gasteiger partial charge in [-0.3, -0.25) is 13.8 Å². The molecule has 0 saturated heterocycles. The molecule has 2 rings (SSSR count). The molecule has 0 spiro atoms. The van der Waals surface area contributed by atoms with Gasteiger partial charge in [-0.05, 0) is 37.0 Å². The predicted molar refractivity (Wildman–Crippen MR) is 191 cm³/mol. The molecule has 270 valence electrons. The maximum Gasteiger partial charge on any atom is 0.530 e. The standard InChI is InChI=1S/C38H60NO8P/c1-2-3-4-5-6-7-8-9-10-11-12-13-14-15-22-29-37(40)43-31-23-24-32-45-48(42,47-36-27-20-17-21-28-36)46-33-30-39-38(41)44-34-35-25-18-16-19-26-35/h16-21,25-28H,2-15,22-24,29-34H2,1H3,(H,39,41). The topological polar surface area (TPSA) is 109 Å². The zero-order chi connectivity index (χ0) is 34.4. The molecular formula is C38H60NO8P. The molecule has 9 nitrogen and oxygen atoms in total. The SMILES string of the molecule is CCCCCCCCCCCCCCCCCC(=O)OCCCCOP(=O)(OCCNC(=O)OCc1ccccc1)Oc1ccccc1. The molecule has 1 unspecified atom stereocenters. The van der Waals surface area contributed by atoms with E-state index in [9.17, 15) is 14.2 Å². The smallest absolute Gasteiger partial charge is 0.466 e. The summed E-state index contributed by atoms with van der Waals surface area (Å²) in [6, 6.07) is 17.9. The minimum absolute atomic E-state index is 0.0500. The van der Waals surface area contributed by atoms with E-state index in [4.69, 9.17) is 23.0 Å². The average molecular weight is 690 g/mol. The van der Waals surface area contributed by atoms with Crippen LogP contribution < -0.4 is 9.84 Å². The number of unbranched alkanes of at least 4 members (excludes halogenated alkanes) is 15. The predicted octanol–water partition coefficient (Wildman–Crippen LogP) is 10.7. The lowest BCUT2D eigenvalue weighted by Gasteiger charge is -2.19. The van der Waals surface area contributed by atoms with Crippen molar-refractivity contribution in [3.8, 4) is 5.75 Å². The third kappa shape index (κ3) is 22.7. The molecule has 0 fully saturated rings. The molecular weight excluding hydrogens is 629 g/mol. The number of amides is 1. The second-order valence-corrected chi connectivity index (χ2v) is 13.7. The number of carbonyl (C=O) groups is 2. The van der Waals surface area contributed by atoms with Crippen LogP contribution in [0.2, 0.25) is 0 Å². The van der Waals surface area contributed by atoms with Gasteiger partial charge in [-0.15, -0.1) is 0 Å². The molecule has 48 heavy (non-hydrogen) atoms. The van der Waals surface area contributed by atoms with Crippen molar-refractivity contribution >= 4 is 19.9 Å². The van der Waals surface area contributed by atoms with Gasteiger partial charge in [0.25, 0.3) is 0 Å². The minimum Gasteiger partial charge on any atom is -0.466 e. The van der Waals surface area contributed by atoms with Crippen LogP contribution >= 0.6 is 7.82 Å². The van der Waals surface area contributed by atoms with Crippen LogP contribution in [0, 0.1) is 0 Å². The zero-order valence-corrected chi connectivity index (χ0v) is 30.1. The van der Waals surface area contributed by atoms with Crippen LogP contribution in [0.15, 0.2) is 60.7 Å². The summed E-state index contributed by atoms with van der Waals surface area (Å²) in [7, 11) is -3.97. The Hall–Kier alpha value is -2.87. The molecule has 1 N–H and O–H groups in total. The van der Waals surface area contributed by atoms with E-state index in [0.29, 0.717) is 25.0 Å². The van der Waals surface area contributed by atoms with Crippen molar-refractivity contribution < 1.29 is 37.2 Å². The lowest BCUT2D eigenvalue weighted by atomic mass is 10.0. The van der Waals surface area contributed by atoms with Gasteiger partial charge >= 0.3 is 19.9 Å². The van der Waals surface area contributed by atoms with Crippen LogP contribution in [0.5, 0.6) is 5.75 Å². The van der Waals surface area contributed by atoms with Crippen molar-refractivity contribution in [3.05, 3.63) is 66.2 Å². The van der Waals surface area contributed by atoms with Gasteiger partial charge < -0.3 is 19.3 Å². The van der Waals surface area contributed by atoms with E-state index in [-0.39, 0.29) is 38.9 Å². The molecule has 2 aromatic carbocycles. The van der Waals surface area contributed by atoms with Gasteiger partial charge in [0, 0.05) is 13.0 Å². The maximum atomic E-state index is 13.3. The zero-order valence-electron chi connectivity index (χ0n) is 29.3. The molecule has 0 aliphatic heterocycles. The van der Waals surface area contributed by atoms with Gasteiger partial charge in [0.15, 0.2) is 0 Å².